The second-order valence-corrected chi connectivity index (χ2v) is 8.15. The van der Waals surface area contributed by atoms with E-state index < -0.39 is 5.54 Å². The van der Waals surface area contributed by atoms with E-state index in [1.807, 2.05) is 35.2 Å². The molecule has 1 atom stereocenters. The van der Waals surface area contributed by atoms with Gasteiger partial charge in [0.1, 0.15) is 5.54 Å². The van der Waals surface area contributed by atoms with Crippen LogP contribution >= 0.6 is 0 Å². The Hall–Kier alpha value is -1.92. The largest absolute Gasteiger partial charge is 0.383 e. The molecule has 28 heavy (non-hydrogen) atoms. The predicted octanol–water partition coefficient (Wildman–Crippen LogP) is 2.98. The smallest absolute Gasteiger partial charge is 0.328 e. The summed E-state index contributed by atoms with van der Waals surface area (Å²) in [4.78, 5) is 32.2. The van der Waals surface area contributed by atoms with E-state index in [-0.39, 0.29) is 11.9 Å². The zero-order valence-corrected chi connectivity index (χ0v) is 17.4. The summed E-state index contributed by atoms with van der Waals surface area (Å²) < 4.78 is 5.13. The quantitative estimate of drug-likeness (QED) is 0.644. The molecule has 0 aliphatic carbocycles. The summed E-state index contributed by atoms with van der Waals surface area (Å²) in [5.41, 5.74) is 0.339. The zero-order chi connectivity index (χ0) is 20.1. The Kier molecular flexibility index (Phi) is 6.73. The Bertz CT molecular complexity index is 671. The number of rotatable bonds is 8. The molecule has 6 heteroatoms. The van der Waals surface area contributed by atoms with Crippen LogP contribution in [0, 0.1) is 5.92 Å². The fraction of sp³-hybridized carbons (Fsp3) is 0.636. The van der Waals surface area contributed by atoms with Crippen molar-refractivity contribution < 1.29 is 14.3 Å². The highest BCUT2D eigenvalue weighted by Gasteiger charge is 2.57. The molecule has 2 fully saturated rings. The van der Waals surface area contributed by atoms with Crippen LogP contribution in [0.4, 0.5) is 4.79 Å². The van der Waals surface area contributed by atoms with Crippen molar-refractivity contribution in [3.8, 4) is 0 Å². The summed E-state index contributed by atoms with van der Waals surface area (Å²) in [5, 5.41) is 0. The van der Waals surface area contributed by atoms with Gasteiger partial charge in [-0.2, -0.15) is 0 Å². The Morgan fingerprint density at radius 2 is 1.82 bits per heavy atom. The number of nitrogens with zero attached hydrogens (tertiary/aromatic N) is 3. The third kappa shape index (κ3) is 4.08. The molecule has 2 saturated heterocycles. The molecule has 0 radical (unpaired) electrons. The molecule has 0 saturated carbocycles. The number of ether oxygens (including phenoxy) is 1. The maximum Gasteiger partial charge on any atom is 0.328 e. The maximum atomic E-state index is 13.4. The van der Waals surface area contributed by atoms with Crippen LogP contribution in [-0.4, -0.2) is 72.1 Å². The van der Waals surface area contributed by atoms with Gasteiger partial charge in [-0.05, 0) is 24.3 Å². The van der Waals surface area contributed by atoms with Gasteiger partial charge in [-0.15, -0.1) is 0 Å². The van der Waals surface area contributed by atoms with Crippen molar-refractivity contribution in [1.29, 1.82) is 0 Å². The number of likely N-dealkylation sites (tertiary alicyclic amines) is 1. The monoisotopic (exact) mass is 387 g/mol. The molecular formula is C22H33N3O3. The highest BCUT2D eigenvalue weighted by Crippen LogP contribution is 2.38. The van der Waals surface area contributed by atoms with Gasteiger partial charge in [0.2, 0.25) is 0 Å². The topological polar surface area (TPSA) is 53.1 Å². The lowest BCUT2D eigenvalue weighted by molar-refractivity contribution is -0.136. The summed E-state index contributed by atoms with van der Waals surface area (Å²) in [6.45, 7) is 8.40. The van der Waals surface area contributed by atoms with Crippen molar-refractivity contribution in [2.45, 2.75) is 45.2 Å². The molecule has 6 nitrogen and oxygen atoms in total. The lowest BCUT2D eigenvalue weighted by atomic mass is 9.85. The molecule has 1 spiro atoms. The van der Waals surface area contributed by atoms with Crippen LogP contribution in [0.1, 0.15) is 38.7 Å². The molecule has 2 aliphatic heterocycles. The number of imide groups is 1. The molecule has 2 heterocycles. The van der Waals surface area contributed by atoms with Crippen molar-refractivity contribution in [1.82, 2.24) is 14.7 Å². The van der Waals surface area contributed by atoms with Gasteiger partial charge in [0.05, 0.1) is 13.2 Å². The third-order valence-corrected chi connectivity index (χ3v) is 6.27. The molecule has 0 N–H and O–H groups in total. The normalized spacial score (nSPS) is 21.0. The summed E-state index contributed by atoms with van der Waals surface area (Å²) in [6, 6.07) is 9.77. The van der Waals surface area contributed by atoms with Crippen LogP contribution in [0.2, 0.25) is 0 Å². The van der Waals surface area contributed by atoms with Gasteiger partial charge in [0.25, 0.3) is 5.91 Å². The van der Waals surface area contributed by atoms with Crippen molar-refractivity contribution in [2.24, 2.45) is 5.92 Å². The lowest BCUT2D eigenvalue weighted by Crippen LogP contribution is -2.56. The van der Waals surface area contributed by atoms with Gasteiger partial charge in [0.15, 0.2) is 0 Å². The lowest BCUT2D eigenvalue weighted by Gasteiger charge is -2.42. The number of carbonyl (C=O) groups excluding carboxylic acids is 2. The van der Waals surface area contributed by atoms with Crippen molar-refractivity contribution in [3.63, 3.8) is 0 Å². The van der Waals surface area contributed by atoms with Gasteiger partial charge in [-0.25, -0.2) is 4.79 Å². The first-order valence-corrected chi connectivity index (χ1v) is 10.4. The number of benzene rings is 1. The molecule has 0 unspecified atom stereocenters. The molecule has 1 aromatic rings. The fourth-order valence-corrected chi connectivity index (χ4v) is 4.31. The van der Waals surface area contributed by atoms with Crippen molar-refractivity contribution in [3.05, 3.63) is 35.9 Å². The molecule has 0 aromatic heterocycles. The summed E-state index contributed by atoms with van der Waals surface area (Å²) in [5.74, 6) is 0.599. The molecule has 3 amide bonds. The number of methoxy groups -OCH3 is 1. The molecule has 3 rings (SSSR count). The molecule has 1 aromatic carbocycles. The fourth-order valence-electron chi connectivity index (χ4n) is 4.31. The van der Waals surface area contributed by atoms with E-state index in [4.69, 9.17) is 4.74 Å². The van der Waals surface area contributed by atoms with Crippen molar-refractivity contribution >= 4 is 11.9 Å². The van der Waals surface area contributed by atoms with E-state index in [1.54, 1.807) is 7.11 Å². The van der Waals surface area contributed by atoms with Crippen LogP contribution in [0.15, 0.2) is 30.3 Å². The average Bonchev–Trinajstić information content (AvgIpc) is 2.90. The highest BCUT2D eigenvalue weighted by atomic mass is 16.5. The molecular weight excluding hydrogens is 354 g/mol. The predicted molar refractivity (Wildman–Crippen MR) is 109 cm³/mol. The minimum atomic E-state index is -0.716. The molecule has 2 aliphatic rings. The summed E-state index contributed by atoms with van der Waals surface area (Å²) >= 11 is 0. The SMILES string of the molecule is CC[C@H](C)CN1CCC2(CC1)C(=O)N(CCOC)C(=O)N2Cc1ccccc1. The highest BCUT2D eigenvalue weighted by molar-refractivity contribution is 6.07. The minimum Gasteiger partial charge on any atom is -0.383 e. The van der Waals surface area contributed by atoms with E-state index in [0.717, 1.165) is 31.6 Å². The minimum absolute atomic E-state index is 0.0475. The van der Waals surface area contributed by atoms with Crippen LogP contribution in [0.25, 0.3) is 0 Å². The third-order valence-electron chi connectivity index (χ3n) is 6.27. The number of hydrogen-bond acceptors (Lipinski definition) is 4. The first kappa shape index (κ1) is 20.8. The van der Waals surface area contributed by atoms with E-state index >= 15 is 0 Å². The number of piperidine rings is 1. The van der Waals surface area contributed by atoms with Crippen molar-refractivity contribution in [2.75, 3.05) is 39.9 Å². The number of carbonyl (C=O) groups is 2. The van der Waals surface area contributed by atoms with Crippen LogP contribution in [-0.2, 0) is 16.1 Å². The number of amides is 3. The second kappa shape index (κ2) is 9.05. The summed E-state index contributed by atoms with van der Waals surface area (Å²) in [6.07, 6.45) is 2.55. The van der Waals surface area contributed by atoms with E-state index in [9.17, 15) is 9.59 Å². The van der Waals surface area contributed by atoms with E-state index in [2.05, 4.69) is 18.7 Å². The average molecular weight is 388 g/mol. The van der Waals surface area contributed by atoms with Gasteiger partial charge < -0.3 is 14.5 Å². The maximum absolute atomic E-state index is 13.4. The van der Waals surface area contributed by atoms with Gasteiger partial charge in [0, 0.05) is 33.3 Å². The van der Waals surface area contributed by atoms with Gasteiger partial charge in [-0.1, -0.05) is 50.6 Å². The first-order valence-electron chi connectivity index (χ1n) is 10.4. The second-order valence-electron chi connectivity index (χ2n) is 8.15. The Labute approximate surface area is 168 Å². The number of urea groups is 1. The van der Waals surface area contributed by atoms with Crippen LogP contribution < -0.4 is 0 Å². The van der Waals surface area contributed by atoms with Crippen LogP contribution in [0.5, 0.6) is 0 Å². The first-order chi connectivity index (χ1) is 13.5. The molecule has 0 bridgehead atoms. The van der Waals surface area contributed by atoms with Crippen LogP contribution in [0.3, 0.4) is 0 Å². The Morgan fingerprint density at radius 3 is 2.43 bits per heavy atom. The van der Waals surface area contributed by atoms with Gasteiger partial charge in [-0.3, -0.25) is 9.69 Å². The zero-order valence-electron chi connectivity index (χ0n) is 17.4. The number of hydrogen-bond donors (Lipinski definition) is 0. The Morgan fingerprint density at radius 1 is 1.14 bits per heavy atom. The van der Waals surface area contributed by atoms with E-state index in [1.165, 1.54) is 4.90 Å². The van der Waals surface area contributed by atoms with E-state index in [0.29, 0.717) is 38.5 Å². The standard InChI is InChI=1S/C22H33N3O3/c1-4-18(2)16-23-12-10-22(11-13-23)20(26)24(14-15-28-3)21(27)25(22)17-19-8-6-5-7-9-19/h5-9,18H,4,10-17H2,1-3H3/t18-/m0/s1. The summed E-state index contributed by atoms with van der Waals surface area (Å²) in [7, 11) is 1.59. The molecule has 154 valence electrons. The van der Waals surface area contributed by atoms with Gasteiger partial charge >= 0.3 is 6.03 Å². The Balaban J connectivity index is 1.81.